The average Bonchev–Trinajstić information content (AvgIpc) is 2.96. The van der Waals surface area contributed by atoms with E-state index < -0.39 is 0 Å². The number of hydrogen-bond donors (Lipinski definition) is 2. The number of nitrogens with one attached hydrogen (secondary N) is 2. The van der Waals surface area contributed by atoms with Gasteiger partial charge in [0.15, 0.2) is 0 Å². The van der Waals surface area contributed by atoms with Gasteiger partial charge in [0, 0.05) is 19.6 Å². The van der Waals surface area contributed by atoms with Crippen molar-refractivity contribution in [1.29, 1.82) is 0 Å². The largest absolute Gasteiger partial charge is 0.378 e. The van der Waals surface area contributed by atoms with Gasteiger partial charge in [-0.25, -0.2) is 0 Å². The fourth-order valence-corrected chi connectivity index (χ4v) is 2.63. The maximum atomic E-state index is 11.6. The monoisotopic (exact) mass is 270 g/mol. The molecule has 0 aromatic rings. The van der Waals surface area contributed by atoms with Gasteiger partial charge in [-0.2, -0.15) is 0 Å². The zero-order valence-electron chi connectivity index (χ0n) is 11.7. The van der Waals surface area contributed by atoms with Crippen LogP contribution in [0.4, 0.5) is 0 Å². The topological polar surface area (TPSA) is 59.6 Å². The van der Waals surface area contributed by atoms with E-state index in [-0.39, 0.29) is 5.91 Å². The smallest absolute Gasteiger partial charge is 0.220 e. The lowest BCUT2D eigenvalue weighted by molar-refractivity contribution is -0.122. The van der Waals surface area contributed by atoms with E-state index in [0.29, 0.717) is 31.8 Å². The fraction of sp³-hybridized carbons (Fsp3) is 0.929. The number of piperidine rings is 1. The molecule has 1 unspecified atom stereocenters. The molecule has 0 radical (unpaired) electrons. The van der Waals surface area contributed by atoms with E-state index >= 15 is 0 Å². The quantitative estimate of drug-likeness (QED) is 0.673. The van der Waals surface area contributed by atoms with E-state index in [4.69, 9.17) is 9.47 Å². The summed E-state index contributed by atoms with van der Waals surface area (Å²) in [6.07, 6.45) is 6.48. The summed E-state index contributed by atoms with van der Waals surface area (Å²) in [7, 11) is 0. The van der Waals surface area contributed by atoms with Crippen molar-refractivity contribution in [2.75, 3.05) is 32.8 Å². The molecule has 5 heteroatoms. The highest BCUT2D eigenvalue weighted by atomic mass is 16.5. The molecule has 110 valence electrons. The molecule has 2 fully saturated rings. The molecule has 0 aromatic carbocycles. The summed E-state index contributed by atoms with van der Waals surface area (Å²) in [5.74, 6) is 0.115. The van der Waals surface area contributed by atoms with Crippen molar-refractivity contribution in [2.45, 2.75) is 50.7 Å². The second-order valence-corrected chi connectivity index (χ2v) is 5.34. The summed E-state index contributed by atoms with van der Waals surface area (Å²) in [4.78, 5) is 11.6. The highest BCUT2D eigenvalue weighted by Gasteiger charge is 2.16. The Morgan fingerprint density at radius 3 is 2.89 bits per heavy atom. The normalized spacial score (nSPS) is 24.5. The zero-order valence-corrected chi connectivity index (χ0v) is 11.7. The molecule has 19 heavy (non-hydrogen) atoms. The first-order valence-electron chi connectivity index (χ1n) is 7.55. The molecular formula is C14H26N2O3. The standard InChI is InChI=1S/C14H26N2O3/c17-14(4-3-12-2-1-10-18-12)16-9-11-19-13-5-7-15-8-6-13/h12-13,15H,1-11H2,(H,16,17). The fourth-order valence-electron chi connectivity index (χ4n) is 2.63. The van der Waals surface area contributed by atoms with Gasteiger partial charge in [0.05, 0.1) is 18.8 Å². The van der Waals surface area contributed by atoms with Crippen LogP contribution < -0.4 is 10.6 Å². The molecule has 5 nitrogen and oxygen atoms in total. The van der Waals surface area contributed by atoms with Crippen molar-refractivity contribution < 1.29 is 14.3 Å². The number of carbonyl (C=O) groups excluding carboxylic acids is 1. The predicted molar refractivity (Wildman–Crippen MR) is 73.1 cm³/mol. The van der Waals surface area contributed by atoms with Crippen LogP contribution in [0.2, 0.25) is 0 Å². The van der Waals surface area contributed by atoms with Crippen molar-refractivity contribution >= 4 is 5.91 Å². The molecule has 0 spiro atoms. The minimum atomic E-state index is 0.115. The van der Waals surface area contributed by atoms with Gasteiger partial charge in [0.25, 0.3) is 0 Å². The van der Waals surface area contributed by atoms with Gasteiger partial charge in [-0.3, -0.25) is 4.79 Å². The van der Waals surface area contributed by atoms with Crippen molar-refractivity contribution in [3.63, 3.8) is 0 Å². The van der Waals surface area contributed by atoms with Gasteiger partial charge in [0.2, 0.25) is 5.91 Å². The van der Waals surface area contributed by atoms with E-state index in [1.807, 2.05) is 0 Å². The van der Waals surface area contributed by atoms with E-state index in [1.54, 1.807) is 0 Å². The molecule has 2 aliphatic rings. The number of ether oxygens (including phenoxy) is 2. The first kappa shape index (κ1) is 14.8. The number of rotatable bonds is 7. The Labute approximate surface area is 115 Å². The van der Waals surface area contributed by atoms with Crippen LogP contribution >= 0.6 is 0 Å². The summed E-state index contributed by atoms with van der Waals surface area (Å²) in [5.41, 5.74) is 0. The predicted octanol–water partition coefficient (Wildman–Crippen LogP) is 0.830. The third-order valence-electron chi connectivity index (χ3n) is 3.78. The highest BCUT2D eigenvalue weighted by molar-refractivity contribution is 5.75. The van der Waals surface area contributed by atoms with Gasteiger partial charge >= 0.3 is 0 Å². The molecule has 2 heterocycles. The first-order chi connectivity index (χ1) is 9.34. The minimum Gasteiger partial charge on any atom is -0.378 e. The molecule has 2 saturated heterocycles. The molecule has 0 aliphatic carbocycles. The Bertz CT molecular complexity index is 261. The summed E-state index contributed by atoms with van der Waals surface area (Å²) in [6.45, 7) is 4.18. The van der Waals surface area contributed by atoms with Crippen molar-refractivity contribution in [3.05, 3.63) is 0 Å². The van der Waals surface area contributed by atoms with E-state index in [0.717, 1.165) is 51.8 Å². The van der Waals surface area contributed by atoms with Crippen LogP contribution in [0.15, 0.2) is 0 Å². The van der Waals surface area contributed by atoms with Crippen LogP contribution in [0, 0.1) is 0 Å². The highest BCUT2D eigenvalue weighted by Crippen LogP contribution is 2.16. The van der Waals surface area contributed by atoms with Gasteiger partial charge < -0.3 is 20.1 Å². The average molecular weight is 270 g/mol. The van der Waals surface area contributed by atoms with Gasteiger partial charge in [0.1, 0.15) is 0 Å². The van der Waals surface area contributed by atoms with Crippen LogP contribution in [0.25, 0.3) is 0 Å². The number of hydrogen-bond acceptors (Lipinski definition) is 4. The zero-order chi connectivity index (χ0) is 13.3. The molecule has 0 aromatic heterocycles. The Kier molecular flexibility index (Phi) is 6.61. The molecule has 0 saturated carbocycles. The molecule has 2 aliphatic heterocycles. The lowest BCUT2D eigenvalue weighted by atomic mass is 10.1. The van der Waals surface area contributed by atoms with Crippen LogP contribution in [0.3, 0.4) is 0 Å². The third kappa shape index (κ3) is 5.89. The van der Waals surface area contributed by atoms with Gasteiger partial charge in [-0.15, -0.1) is 0 Å². The van der Waals surface area contributed by atoms with Crippen LogP contribution in [0.5, 0.6) is 0 Å². The lowest BCUT2D eigenvalue weighted by Crippen LogP contribution is -2.34. The van der Waals surface area contributed by atoms with E-state index in [9.17, 15) is 4.79 Å². The van der Waals surface area contributed by atoms with Gasteiger partial charge in [-0.05, 0) is 45.2 Å². The van der Waals surface area contributed by atoms with Gasteiger partial charge in [-0.1, -0.05) is 0 Å². The molecule has 2 N–H and O–H groups in total. The Morgan fingerprint density at radius 2 is 2.16 bits per heavy atom. The van der Waals surface area contributed by atoms with Crippen LogP contribution in [0.1, 0.15) is 38.5 Å². The van der Waals surface area contributed by atoms with Crippen LogP contribution in [-0.2, 0) is 14.3 Å². The van der Waals surface area contributed by atoms with Crippen molar-refractivity contribution in [2.24, 2.45) is 0 Å². The maximum absolute atomic E-state index is 11.6. The second kappa shape index (κ2) is 8.51. The third-order valence-corrected chi connectivity index (χ3v) is 3.78. The van der Waals surface area contributed by atoms with E-state index in [2.05, 4.69) is 10.6 Å². The molecular weight excluding hydrogens is 244 g/mol. The summed E-state index contributed by atoms with van der Waals surface area (Å²) >= 11 is 0. The summed E-state index contributed by atoms with van der Waals surface area (Å²) in [5, 5.41) is 6.22. The van der Waals surface area contributed by atoms with E-state index in [1.165, 1.54) is 0 Å². The maximum Gasteiger partial charge on any atom is 0.220 e. The second-order valence-electron chi connectivity index (χ2n) is 5.34. The van der Waals surface area contributed by atoms with Crippen LogP contribution in [-0.4, -0.2) is 51.0 Å². The Hall–Kier alpha value is -0.650. The molecule has 0 bridgehead atoms. The summed E-state index contributed by atoms with van der Waals surface area (Å²) in [6, 6.07) is 0. The number of amides is 1. The first-order valence-corrected chi connectivity index (χ1v) is 7.55. The van der Waals surface area contributed by atoms with Crippen molar-refractivity contribution in [3.8, 4) is 0 Å². The molecule has 1 amide bonds. The minimum absolute atomic E-state index is 0.115. The molecule has 2 rings (SSSR count). The lowest BCUT2D eigenvalue weighted by Gasteiger charge is -2.22. The summed E-state index contributed by atoms with van der Waals surface area (Å²) < 4.78 is 11.2. The number of carbonyl (C=O) groups is 1. The SMILES string of the molecule is O=C(CCC1CCCO1)NCCOC1CCNCC1. The Morgan fingerprint density at radius 1 is 1.32 bits per heavy atom. The Balaban J connectivity index is 1.44. The molecule has 1 atom stereocenters. The van der Waals surface area contributed by atoms with Crippen molar-refractivity contribution in [1.82, 2.24) is 10.6 Å².